The fraction of sp³-hybridized carbons (Fsp3) is 0.647. The van der Waals surface area contributed by atoms with E-state index in [0.717, 1.165) is 63.1 Å². The van der Waals surface area contributed by atoms with Gasteiger partial charge in [-0.2, -0.15) is 5.10 Å². The van der Waals surface area contributed by atoms with E-state index in [-0.39, 0.29) is 0 Å². The summed E-state index contributed by atoms with van der Waals surface area (Å²) >= 11 is 1.76. The van der Waals surface area contributed by atoms with Crippen molar-refractivity contribution in [3.8, 4) is 0 Å². The van der Waals surface area contributed by atoms with Gasteiger partial charge in [-0.15, -0.1) is 11.3 Å². The molecule has 0 bridgehead atoms. The van der Waals surface area contributed by atoms with Crippen LogP contribution in [0.5, 0.6) is 0 Å². The van der Waals surface area contributed by atoms with E-state index >= 15 is 0 Å². The first kappa shape index (κ1) is 16.2. The van der Waals surface area contributed by atoms with Crippen molar-refractivity contribution >= 4 is 11.3 Å². The number of hydrogen-bond acceptors (Lipinski definition) is 6. The van der Waals surface area contributed by atoms with Crippen LogP contribution < -0.4 is 5.32 Å². The Labute approximate surface area is 146 Å². The van der Waals surface area contributed by atoms with Gasteiger partial charge in [-0.3, -0.25) is 10.00 Å². The van der Waals surface area contributed by atoms with Crippen molar-refractivity contribution in [1.29, 1.82) is 0 Å². The summed E-state index contributed by atoms with van der Waals surface area (Å²) < 4.78 is 5.64. The third kappa shape index (κ3) is 3.54. The second kappa shape index (κ2) is 7.31. The van der Waals surface area contributed by atoms with Gasteiger partial charge < -0.3 is 10.1 Å². The summed E-state index contributed by atoms with van der Waals surface area (Å²) in [7, 11) is 0. The molecule has 2 aliphatic heterocycles. The van der Waals surface area contributed by atoms with Crippen molar-refractivity contribution in [2.24, 2.45) is 5.92 Å². The molecule has 0 spiro atoms. The Kier molecular flexibility index (Phi) is 4.93. The van der Waals surface area contributed by atoms with Crippen molar-refractivity contribution in [2.45, 2.75) is 39.5 Å². The molecular weight excluding hydrogens is 322 g/mol. The zero-order valence-electron chi connectivity index (χ0n) is 14.2. The number of fused-ring (bicyclic) bond motifs is 1. The first-order valence-electron chi connectivity index (χ1n) is 8.74. The average molecular weight is 347 g/mol. The van der Waals surface area contributed by atoms with Gasteiger partial charge in [0.25, 0.3) is 0 Å². The van der Waals surface area contributed by atoms with Crippen LogP contribution in [0.2, 0.25) is 0 Å². The molecule has 24 heavy (non-hydrogen) atoms. The Morgan fingerprint density at radius 1 is 1.42 bits per heavy atom. The van der Waals surface area contributed by atoms with Gasteiger partial charge in [0.2, 0.25) is 0 Å². The van der Waals surface area contributed by atoms with Crippen molar-refractivity contribution in [3.63, 3.8) is 0 Å². The molecule has 7 heteroatoms. The summed E-state index contributed by atoms with van der Waals surface area (Å²) in [6.07, 6.45) is 2.21. The normalized spacial score (nSPS) is 20.7. The zero-order valence-corrected chi connectivity index (χ0v) is 15.0. The maximum atomic E-state index is 5.64. The number of thiazole rings is 1. The van der Waals surface area contributed by atoms with Gasteiger partial charge in [0, 0.05) is 42.2 Å². The monoisotopic (exact) mass is 347 g/mol. The molecule has 1 unspecified atom stereocenters. The topological polar surface area (TPSA) is 66.1 Å². The summed E-state index contributed by atoms with van der Waals surface area (Å²) in [4.78, 5) is 8.30. The summed E-state index contributed by atoms with van der Waals surface area (Å²) in [5.74, 6) is 0.726. The van der Waals surface area contributed by atoms with E-state index in [1.54, 1.807) is 11.3 Å². The molecule has 2 N–H and O–H groups in total. The van der Waals surface area contributed by atoms with Gasteiger partial charge in [-0.1, -0.05) is 0 Å². The maximum Gasteiger partial charge on any atom is 0.0820 e. The quantitative estimate of drug-likeness (QED) is 0.835. The molecule has 0 aliphatic carbocycles. The van der Waals surface area contributed by atoms with Gasteiger partial charge in [-0.05, 0) is 32.4 Å². The van der Waals surface area contributed by atoms with Crippen LogP contribution in [0.3, 0.4) is 0 Å². The van der Waals surface area contributed by atoms with Gasteiger partial charge in [0.1, 0.15) is 0 Å². The molecule has 0 saturated carbocycles. The Morgan fingerprint density at radius 3 is 3.17 bits per heavy atom. The third-order valence-electron chi connectivity index (χ3n) is 5.05. The molecule has 2 aromatic rings. The highest BCUT2D eigenvalue weighted by Gasteiger charge is 2.23. The van der Waals surface area contributed by atoms with Gasteiger partial charge in [-0.25, -0.2) is 4.98 Å². The van der Waals surface area contributed by atoms with Crippen LogP contribution >= 0.6 is 11.3 Å². The second-order valence-corrected chi connectivity index (χ2v) is 7.76. The van der Waals surface area contributed by atoms with E-state index in [1.807, 2.05) is 5.51 Å². The van der Waals surface area contributed by atoms with Crippen LogP contribution in [0.15, 0.2) is 5.51 Å². The lowest BCUT2D eigenvalue weighted by atomic mass is 10.1. The number of nitrogens with zero attached hydrogens (tertiary/aromatic N) is 3. The minimum Gasteiger partial charge on any atom is -0.376 e. The van der Waals surface area contributed by atoms with E-state index in [9.17, 15) is 0 Å². The molecule has 6 nitrogen and oxygen atoms in total. The Hall–Kier alpha value is -1.28. The molecule has 1 atom stereocenters. The predicted octanol–water partition coefficient (Wildman–Crippen LogP) is 1.86. The molecule has 4 heterocycles. The van der Waals surface area contributed by atoms with E-state index in [1.165, 1.54) is 22.6 Å². The molecule has 2 aromatic heterocycles. The highest BCUT2D eigenvalue weighted by atomic mass is 32.1. The average Bonchev–Trinajstić information content (AvgIpc) is 3.32. The van der Waals surface area contributed by atoms with Crippen molar-refractivity contribution in [2.75, 3.05) is 26.2 Å². The number of hydrogen-bond donors (Lipinski definition) is 2. The lowest BCUT2D eigenvalue weighted by Crippen LogP contribution is -2.30. The molecule has 4 rings (SSSR count). The molecule has 130 valence electrons. The summed E-state index contributed by atoms with van der Waals surface area (Å²) in [6.45, 7) is 8.80. The summed E-state index contributed by atoms with van der Waals surface area (Å²) in [5, 5.41) is 11.3. The molecule has 1 saturated heterocycles. The largest absolute Gasteiger partial charge is 0.376 e. The van der Waals surface area contributed by atoms with E-state index in [4.69, 9.17) is 4.74 Å². The van der Waals surface area contributed by atoms with Crippen LogP contribution in [-0.4, -0.2) is 46.3 Å². The van der Waals surface area contributed by atoms with Crippen molar-refractivity contribution < 1.29 is 4.74 Å². The zero-order chi connectivity index (χ0) is 16.4. The maximum absolute atomic E-state index is 5.64. The lowest BCUT2D eigenvalue weighted by molar-refractivity contribution is 0.108. The number of ether oxygens (including phenoxy) is 1. The smallest absolute Gasteiger partial charge is 0.0820 e. The first-order chi connectivity index (χ1) is 11.8. The fourth-order valence-electron chi connectivity index (χ4n) is 3.61. The minimum atomic E-state index is 0.694. The van der Waals surface area contributed by atoms with Crippen molar-refractivity contribution in [3.05, 3.63) is 33.0 Å². The number of H-pyrrole nitrogens is 1. The number of aryl methyl sites for hydroxylation is 1. The number of nitrogens with one attached hydrogen (secondary N) is 2. The molecule has 0 amide bonds. The summed E-state index contributed by atoms with van der Waals surface area (Å²) in [5.41, 5.74) is 6.79. The molecule has 0 aromatic carbocycles. The lowest BCUT2D eigenvalue weighted by Gasteiger charge is -2.25. The predicted molar refractivity (Wildman–Crippen MR) is 93.9 cm³/mol. The van der Waals surface area contributed by atoms with Crippen LogP contribution in [0.25, 0.3) is 0 Å². The highest BCUT2D eigenvalue weighted by molar-refractivity contribution is 7.09. The van der Waals surface area contributed by atoms with E-state index in [2.05, 4.69) is 32.3 Å². The first-order valence-corrected chi connectivity index (χ1v) is 9.62. The Morgan fingerprint density at radius 2 is 2.38 bits per heavy atom. The molecular formula is C17H25N5OS. The van der Waals surface area contributed by atoms with Crippen LogP contribution in [0, 0.1) is 12.8 Å². The Bertz CT molecular complexity index is 676. The van der Waals surface area contributed by atoms with Crippen molar-refractivity contribution in [1.82, 2.24) is 25.4 Å². The van der Waals surface area contributed by atoms with E-state index in [0.29, 0.717) is 6.61 Å². The third-order valence-corrected chi connectivity index (χ3v) is 5.97. The Balaban J connectivity index is 1.50. The van der Waals surface area contributed by atoms with Crippen LogP contribution in [0.1, 0.15) is 33.9 Å². The second-order valence-electron chi connectivity index (χ2n) is 6.82. The van der Waals surface area contributed by atoms with Gasteiger partial charge in [0.15, 0.2) is 0 Å². The number of aromatic amines is 1. The standard InChI is InChI=1S/C17H25N5OS/c1-12-17(24-11-19-12)9-22(7-13-2-4-18-6-13)8-16-14-10-23-5-3-15(14)20-21-16/h11,13,18H,2-10H2,1H3,(H,20,21). The fourth-order valence-corrected chi connectivity index (χ4v) is 4.43. The SMILES string of the molecule is Cc1ncsc1CN(Cc1n[nH]c2c1COCC2)CC1CCNC1. The minimum absolute atomic E-state index is 0.694. The van der Waals surface area contributed by atoms with Crippen LogP contribution in [0.4, 0.5) is 0 Å². The molecule has 0 radical (unpaired) electrons. The molecule has 2 aliphatic rings. The van der Waals surface area contributed by atoms with E-state index < -0.39 is 0 Å². The molecule has 1 fully saturated rings. The highest BCUT2D eigenvalue weighted by Crippen LogP contribution is 2.23. The van der Waals surface area contributed by atoms with Crippen LogP contribution in [-0.2, 0) is 30.9 Å². The number of aromatic nitrogens is 3. The van der Waals surface area contributed by atoms with Gasteiger partial charge >= 0.3 is 0 Å². The van der Waals surface area contributed by atoms with Gasteiger partial charge in [0.05, 0.1) is 30.1 Å². The number of rotatable bonds is 6. The summed E-state index contributed by atoms with van der Waals surface area (Å²) in [6, 6.07) is 0.